The molecule has 0 spiro atoms. The highest BCUT2D eigenvalue weighted by atomic mass is 16.5. The molecule has 2 aromatic heterocycles. The first kappa shape index (κ1) is 20.8. The molecule has 2 N–H and O–H groups in total. The van der Waals surface area contributed by atoms with Crippen LogP contribution in [0.25, 0.3) is 16.9 Å². The van der Waals surface area contributed by atoms with E-state index in [1.807, 2.05) is 61.3 Å². The van der Waals surface area contributed by atoms with Gasteiger partial charge in [-0.2, -0.15) is 15.5 Å². The third-order valence-electron chi connectivity index (χ3n) is 6.20. The van der Waals surface area contributed by atoms with Gasteiger partial charge in [-0.25, -0.2) is 4.68 Å². The first-order valence-electron chi connectivity index (χ1n) is 11.0. The van der Waals surface area contributed by atoms with Gasteiger partial charge in [-0.1, -0.05) is 18.2 Å². The second kappa shape index (κ2) is 8.10. The summed E-state index contributed by atoms with van der Waals surface area (Å²) in [4.78, 5) is 13.1. The van der Waals surface area contributed by atoms with Crippen molar-refractivity contribution >= 4 is 5.78 Å². The van der Waals surface area contributed by atoms with Crippen LogP contribution < -0.4 is 5.73 Å². The topological polar surface area (TPSA) is 112 Å². The van der Waals surface area contributed by atoms with Gasteiger partial charge in [0.2, 0.25) is 5.88 Å². The van der Waals surface area contributed by atoms with Crippen molar-refractivity contribution in [1.29, 1.82) is 5.26 Å². The molecular formula is C25H24N6O2. The first-order chi connectivity index (χ1) is 16.0. The molecule has 8 nitrogen and oxygen atoms in total. The van der Waals surface area contributed by atoms with Gasteiger partial charge in [0.15, 0.2) is 5.78 Å². The number of para-hydroxylation sites is 1. The Labute approximate surface area is 191 Å². The van der Waals surface area contributed by atoms with Crippen molar-refractivity contribution in [2.75, 3.05) is 0 Å². The zero-order valence-electron chi connectivity index (χ0n) is 18.6. The molecule has 0 saturated carbocycles. The number of hydrogen-bond acceptors (Lipinski definition) is 6. The van der Waals surface area contributed by atoms with E-state index in [9.17, 15) is 10.1 Å². The molecule has 3 aromatic rings. The van der Waals surface area contributed by atoms with Crippen molar-refractivity contribution in [1.82, 2.24) is 19.6 Å². The van der Waals surface area contributed by atoms with E-state index < -0.39 is 5.92 Å². The maximum atomic E-state index is 13.1. The summed E-state index contributed by atoms with van der Waals surface area (Å²) in [6.07, 6.45) is 5.59. The van der Waals surface area contributed by atoms with Gasteiger partial charge < -0.3 is 10.5 Å². The molecule has 2 aliphatic rings. The Balaban J connectivity index is 1.78. The van der Waals surface area contributed by atoms with Crippen molar-refractivity contribution in [3.05, 3.63) is 76.8 Å². The molecule has 0 radical (unpaired) electrons. The molecule has 0 bridgehead atoms. The molecule has 0 fully saturated rings. The second-order valence-electron chi connectivity index (χ2n) is 8.24. The number of nitriles is 1. The number of ether oxygens (including phenoxy) is 1. The van der Waals surface area contributed by atoms with Crippen LogP contribution in [0, 0.1) is 18.3 Å². The summed E-state index contributed by atoms with van der Waals surface area (Å²) in [5.41, 5.74) is 10.9. The fraction of sp³-hybridized carbons (Fsp3) is 0.280. The zero-order chi connectivity index (χ0) is 23.1. The van der Waals surface area contributed by atoms with E-state index in [0.29, 0.717) is 36.3 Å². The molecule has 166 valence electrons. The van der Waals surface area contributed by atoms with Gasteiger partial charge in [-0.05, 0) is 32.4 Å². The quantitative estimate of drug-likeness (QED) is 0.659. The highest BCUT2D eigenvalue weighted by molar-refractivity contribution is 5.99. The lowest BCUT2D eigenvalue weighted by atomic mass is 9.77. The Morgan fingerprint density at radius 1 is 1.21 bits per heavy atom. The van der Waals surface area contributed by atoms with E-state index in [1.54, 1.807) is 4.68 Å². The van der Waals surface area contributed by atoms with Gasteiger partial charge in [0.1, 0.15) is 23.1 Å². The normalized spacial score (nSPS) is 18.2. The molecule has 1 unspecified atom stereocenters. The van der Waals surface area contributed by atoms with E-state index in [4.69, 9.17) is 15.6 Å². The molecule has 3 heterocycles. The molecule has 0 saturated heterocycles. The smallest absolute Gasteiger partial charge is 0.205 e. The van der Waals surface area contributed by atoms with Crippen LogP contribution in [0.2, 0.25) is 0 Å². The Kier molecular flexibility index (Phi) is 5.09. The van der Waals surface area contributed by atoms with Crippen molar-refractivity contribution < 1.29 is 9.53 Å². The number of rotatable bonds is 4. The van der Waals surface area contributed by atoms with Gasteiger partial charge in [-0.15, -0.1) is 0 Å². The molecule has 1 aromatic carbocycles. The molecule has 0 amide bonds. The number of allylic oxidation sites excluding steroid dienone is 3. The number of nitrogens with two attached hydrogens (primary N) is 1. The van der Waals surface area contributed by atoms with Crippen LogP contribution in [0.5, 0.6) is 0 Å². The molecule has 5 rings (SSSR count). The van der Waals surface area contributed by atoms with E-state index in [0.717, 1.165) is 29.1 Å². The Bertz CT molecular complexity index is 1350. The van der Waals surface area contributed by atoms with Crippen LogP contribution in [-0.2, 0) is 16.1 Å². The monoisotopic (exact) mass is 440 g/mol. The highest BCUT2D eigenvalue weighted by Crippen LogP contribution is 2.46. The molecular weight excluding hydrogens is 416 g/mol. The second-order valence-corrected chi connectivity index (χ2v) is 8.24. The van der Waals surface area contributed by atoms with Crippen LogP contribution in [0.4, 0.5) is 0 Å². The van der Waals surface area contributed by atoms with Gasteiger partial charge in [0.25, 0.3) is 0 Å². The van der Waals surface area contributed by atoms with Crippen LogP contribution in [0.1, 0.15) is 43.4 Å². The summed E-state index contributed by atoms with van der Waals surface area (Å²) in [5.74, 6) is -0.0354. The molecule has 8 heteroatoms. The Morgan fingerprint density at radius 2 is 2.00 bits per heavy atom. The predicted molar refractivity (Wildman–Crippen MR) is 122 cm³/mol. The number of carbonyl (C=O) groups is 1. The molecule has 1 aliphatic carbocycles. The maximum absolute atomic E-state index is 13.1. The van der Waals surface area contributed by atoms with Gasteiger partial charge in [0.05, 0.1) is 17.3 Å². The summed E-state index contributed by atoms with van der Waals surface area (Å²) in [6.45, 7) is 4.67. The Hall–Kier alpha value is -4.12. The van der Waals surface area contributed by atoms with Crippen molar-refractivity contribution in [3.8, 4) is 23.0 Å². The molecule has 33 heavy (non-hydrogen) atoms. The largest absolute Gasteiger partial charge is 0.444 e. The number of carbonyl (C=O) groups excluding carboxylic acids is 1. The summed E-state index contributed by atoms with van der Waals surface area (Å²) in [5, 5.41) is 19.5. The fourth-order valence-electron chi connectivity index (χ4n) is 4.60. The number of ketones is 1. The summed E-state index contributed by atoms with van der Waals surface area (Å²) >= 11 is 0. The maximum Gasteiger partial charge on any atom is 0.205 e. The third-order valence-corrected chi connectivity index (χ3v) is 6.20. The van der Waals surface area contributed by atoms with Crippen LogP contribution >= 0.6 is 0 Å². The minimum atomic E-state index is -0.636. The number of hydrogen-bond donors (Lipinski definition) is 1. The average Bonchev–Trinajstić information content (AvgIpc) is 3.42. The number of nitrogens with zero attached hydrogens (tertiary/aromatic N) is 5. The van der Waals surface area contributed by atoms with Crippen LogP contribution in [0.15, 0.2) is 65.5 Å². The third kappa shape index (κ3) is 3.42. The number of Topliss-reactive ketones (excluding diaryl/α,β-unsaturated/α-hetero) is 1. The standard InChI is InChI=1S/C25H24N6O2/c1-3-30-13-18(15(2)28-30)24-19(14-31(29-24)16-8-5-4-6-9-16)22-17(12-26)25(27)33-21-11-7-10-20(32)23(21)22/h4-6,8-9,13-14,22H,3,7,10-11,27H2,1-2H3. The van der Waals surface area contributed by atoms with Gasteiger partial charge >= 0.3 is 0 Å². The summed E-state index contributed by atoms with van der Waals surface area (Å²) < 4.78 is 9.38. The first-order valence-corrected chi connectivity index (χ1v) is 11.0. The van der Waals surface area contributed by atoms with Crippen molar-refractivity contribution in [2.45, 2.75) is 45.6 Å². The van der Waals surface area contributed by atoms with E-state index in [2.05, 4.69) is 11.2 Å². The highest BCUT2D eigenvalue weighted by Gasteiger charge is 2.40. The lowest BCUT2D eigenvalue weighted by Crippen LogP contribution is -2.27. The van der Waals surface area contributed by atoms with Gasteiger partial charge in [-0.3, -0.25) is 9.48 Å². The molecule has 1 atom stereocenters. The van der Waals surface area contributed by atoms with E-state index >= 15 is 0 Å². The van der Waals surface area contributed by atoms with Crippen LogP contribution in [0.3, 0.4) is 0 Å². The lowest BCUT2D eigenvalue weighted by molar-refractivity contribution is -0.116. The van der Waals surface area contributed by atoms with Crippen LogP contribution in [-0.4, -0.2) is 25.3 Å². The minimum Gasteiger partial charge on any atom is -0.444 e. The summed E-state index contributed by atoms with van der Waals surface area (Å²) in [6, 6.07) is 11.9. The van der Waals surface area contributed by atoms with E-state index in [-0.39, 0.29) is 17.2 Å². The number of aryl methyl sites for hydroxylation is 2. The van der Waals surface area contributed by atoms with Crippen molar-refractivity contribution in [3.63, 3.8) is 0 Å². The minimum absolute atomic E-state index is 0.0131. The lowest BCUT2D eigenvalue weighted by Gasteiger charge is -2.30. The fourth-order valence-corrected chi connectivity index (χ4v) is 4.60. The predicted octanol–water partition coefficient (Wildman–Crippen LogP) is 3.88. The Morgan fingerprint density at radius 3 is 2.70 bits per heavy atom. The number of aromatic nitrogens is 4. The zero-order valence-corrected chi connectivity index (χ0v) is 18.6. The molecule has 1 aliphatic heterocycles. The van der Waals surface area contributed by atoms with E-state index in [1.165, 1.54) is 0 Å². The van der Waals surface area contributed by atoms with Crippen molar-refractivity contribution in [2.24, 2.45) is 5.73 Å². The average molecular weight is 441 g/mol. The van der Waals surface area contributed by atoms with Gasteiger partial charge in [0, 0.05) is 48.5 Å². The SMILES string of the molecule is CCn1cc(-c2nn(-c3ccccc3)cc2C2C(C#N)=C(N)OC3=C2C(=O)CCC3)c(C)n1. The number of benzene rings is 1. The summed E-state index contributed by atoms with van der Waals surface area (Å²) in [7, 11) is 0.